The Morgan fingerprint density at radius 3 is 2.27 bits per heavy atom. The zero-order valence-corrected chi connectivity index (χ0v) is 30.5. The van der Waals surface area contributed by atoms with Crippen LogP contribution in [-0.2, 0) is 16.6 Å². The predicted molar refractivity (Wildman–Crippen MR) is 189 cm³/mol. The van der Waals surface area contributed by atoms with Crippen LogP contribution in [0.4, 0.5) is 37.7 Å². The Bertz CT molecular complexity index is 2070. The summed E-state index contributed by atoms with van der Waals surface area (Å²) in [6.45, 7) is 2.62. The number of halogens is 6. The lowest BCUT2D eigenvalue weighted by Crippen LogP contribution is -2.62. The molecule has 3 saturated heterocycles. The first-order chi connectivity index (χ1) is 25.9. The number of ether oxygens (including phenoxy) is 2. The first-order valence-electron chi connectivity index (χ1n) is 17.6. The summed E-state index contributed by atoms with van der Waals surface area (Å²) < 4.78 is 99.1. The fourth-order valence-corrected chi connectivity index (χ4v) is 7.46. The Morgan fingerprint density at radius 1 is 0.964 bits per heavy atom. The van der Waals surface area contributed by atoms with Crippen LogP contribution in [0, 0.1) is 19.7 Å². The lowest BCUT2D eigenvalue weighted by atomic mass is 9.95. The molecule has 3 aliphatic heterocycles. The summed E-state index contributed by atoms with van der Waals surface area (Å²) in [6, 6.07) is 4.64. The second kappa shape index (κ2) is 15.1. The SMILES string of the molecule is COc1cc(-c2cn(C)c(=O)c(C)c2C)cc(OC(F)(F)F)c1C(=O)N1CCC(N2CCN(c3ccc(NC4CCC(=O)NC4=O)cc3F)CC2)C(F)(F)C1. The van der Waals surface area contributed by atoms with Crippen LogP contribution >= 0.6 is 0 Å². The second-order valence-electron chi connectivity index (χ2n) is 13.9. The van der Waals surface area contributed by atoms with E-state index in [0.29, 0.717) is 22.4 Å². The molecule has 0 radical (unpaired) electrons. The fraction of sp³-hybridized carbons (Fsp3) is 0.459. The summed E-state index contributed by atoms with van der Waals surface area (Å²) in [5.74, 6) is -7.33. The van der Waals surface area contributed by atoms with Crippen molar-refractivity contribution in [1.82, 2.24) is 19.7 Å². The molecule has 0 bridgehead atoms. The number of hydrogen-bond acceptors (Lipinski definition) is 9. The summed E-state index contributed by atoms with van der Waals surface area (Å²) in [7, 11) is 2.61. The highest BCUT2D eigenvalue weighted by Crippen LogP contribution is 2.41. The number of pyridine rings is 1. The highest BCUT2D eigenvalue weighted by atomic mass is 19.4. The van der Waals surface area contributed by atoms with Gasteiger partial charge < -0.3 is 29.2 Å². The van der Waals surface area contributed by atoms with Gasteiger partial charge in [0, 0.05) is 69.2 Å². The number of hydrogen-bond donors (Lipinski definition) is 2. The van der Waals surface area contributed by atoms with Crippen LogP contribution in [0.3, 0.4) is 0 Å². The molecule has 296 valence electrons. The molecule has 0 spiro atoms. The molecular formula is C37H40F6N6O6. The number of nitrogens with zero attached hydrogens (tertiary/aromatic N) is 4. The summed E-state index contributed by atoms with van der Waals surface area (Å²) in [4.78, 5) is 53.8. The van der Waals surface area contributed by atoms with Crippen LogP contribution in [0.25, 0.3) is 11.1 Å². The van der Waals surface area contributed by atoms with Crippen molar-refractivity contribution in [3.05, 3.63) is 69.4 Å². The molecule has 2 unspecified atom stereocenters. The quantitative estimate of drug-likeness (QED) is 0.250. The number of likely N-dealkylation sites (tertiary alicyclic amines) is 1. The third kappa shape index (κ3) is 8.23. The number of amides is 3. The van der Waals surface area contributed by atoms with Gasteiger partial charge in [0.2, 0.25) is 11.8 Å². The van der Waals surface area contributed by atoms with E-state index >= 15 is 13.2 Å². The van der Waals surface area contributed by atoms with Crippen molar-refractivity contribution < 1.29 is 50.2 Å². The van der Waals surface area contributed by atoms with Crippen molar-refractivity contribution in [2.24, 2.45) is 7.05 Å². The largest absolute Gasteiger partial charge is 0.573 e. The minimum Gasteiger partial charge on any atom is -0.496 e. The lowest BCUT2D eigenvalue weighted by molar-refractivity contribution is -0.274. The number of imide groups is 1. The maximum atomic E-state index is 15.9. The topological polar surface area (TPSA) is 125 Å². The molecule has 3 fully saturated rings. The van der Waals surface area contributed by atoms with Crippen LogP contribution < -0.4 is 30.6 Å². The van der Waals surface area contributed by atoms with Gasteiger partial charge in [-0.05, 0) is 68.1 Å². The number of nitrogens with one attached hydrogen (secondary N) is 2. The monoisotopic (exact) mass is 778 g/mol. The molecule has 2 aromatic carbocycles. The van der Waals surface area contributed by atoms with Crippen molar-refractivity contribution in [1.29, 1.82) is 0 Å². The molecule has 4 heterocycles. The average Bonchev–Trinajstić information content (AvgIpc) is 3.12. The number of piperazine rings is 1. The maximum Gasteiger partial charge on any atom is 0.573 e. The fourth-order valence-electron chi connectivity index (χ4n) is 7.46. The van der Waals surface area contributed by atoms with Gasteiger partial charge in [0.25, 0.3) is 17.4 Å². The Hall–Kier alpha value is -5.26. The number of benzene rings is 2. The zero-order valence-electron chi connectivity index (χ0n) is 30.5. The van der Waals surface area contributed by atoms with E-state index in [-0.39, 0.29) is 80.5 Å². The van der Waals surface area contributed by atoms with Crippen molar-refractivity contribution in [2.45, 2.75) is 57.5 Å². The number of aromatic nitrogens is 1. The highest BCUT2D eigenvalue weighted by molar-refractivity contribution is 6.02. The molecule has 3 amide bonds. The van der Waals surface area contributed by atoms with Crippen molar-refractivity contribution in [3.8, 4) is 22.6 Å². The van der Waals surface area contributed by atoms with Gasteiger partial charge in [0.05, 0.1) is 25.4 Å². The zero-order chi connectivity index (χ0) is 40.0. The molecule has 6 rings (SSSR count). The molecule has 1 aromatic heterocycles. The van der Waals surface area contributed by atoms with Gasteiger partial charge in [-0.2, -0.15) is 0 Å². The van der Waals surface area contributed by atoms with Crippen molar-refractivity contribution in [2.75, 3.05) is 56.6 Å². The van der Waals surface area contributed by atoms with Gasteiger partial charge in [-0.25, -0.2) is 13.2 Å². The summed E-state index contributed by atoms with van der Waals surface area (Å²) in [5, 5.41) is 5.15. The lowest BCUT2D eigenvalue weighted by Gasteiger charge is -2.46. The van der Waals surface area contributed by atoms with E-state index in [1.807, 2.05) is 0 Å². The van der Waals surface area contributed by atoms with Crippen LogP contribution in [0.1, 0.15) is 40.7 Å². The second-order valence-corrected chi connectivity index (χ2v) is 13.9. The van der Waals surface area contributed by atoms with Gasteiger partial charge >= 0.3 is 6.36 Å². The number of piperidine rings is 2. The summed E-state index contributed by atoms with van der Waals surface area (Å²) >= 11 is 0. The Kier molecular flexibility index (Phi) is 10.8. The Balaban J connectivity index is 1.15. The van der Waals surface area contributed by atoms with E-state index in [1.165, 1.54) is 36.0 Å². The minimum atomic E-state index is -5.25. The number of rotatable bonds is 8. The summed E-state index contributed by atoms with van der Waals surface area (Å²) in [5.41, 5.74) is 0.961. The van der Waals surface area contributed by atoms with E-state index in [4.69, 9.17) is 4.74 Å². The predicted octanol–water partition coefficient (Wildman–Crippen LogP) is 4.60. The van der Waals surface area contributed by atoms with Crippen molar-refractivity contribution in [3.63, 3.8) is 0 Å². The number of alkyl halides is 5. The van der Waals surface area contributed by atoms with Gasteiger partial charge in [-0.3, -0.25) is 29.4 Å². The highest BCUT2D eigenvalue weighted by Gasteiger charge is 2.50. The standard InChI is InChI=1S/C37H40F6N6O6/c1-20-21(2)34(52)46(3)18-24(20)22-15-28(54-4)32(29(16-22)55-37(41,42)43)35(53)49-10-9-30(36(39,40)19-49)48-13-11-47(12-14-48)27-7-5-23(17-25(27)38)44-26-6-8-31(50)45-33(26)51/h5,7,15-18,26,30,44H,6,8-14,19H2,1-4H3,(H,45,50,51). The molecule has 2 atom stereocenters. The third-order valence-electron chi connectivity index (χ3n) is 10.4. The van der Waals surface area contributed by atoms with E-state index in [1.54, 1.807) is 29.7 Å². The molecule has 2 N–H and O–H groups in total. The van der Waals surface area contributed by atoms with Crippen molar-refractivity contribution >= 4 is 29.1 Å². The normalized spacial score (nSPS) is 20.6. The number of carbonyl (C=O) groups is 3. The molecule has 55 heavy (non-hydrogen) atoms. The third-order valence-corrected chi connectivity index (χ3v) is 10.4. The van der Waals surface area contributed by atoms with E-state index in [0.717, 1.165) is 18.1 Å². The molecule has 3 aromatic rings. The van der Waals surface area contributed by atoms with E-state index in [2.05, 4.69) is 15.4 Å². The van der Waals surface area contributed by atoms with Gasteiger partial charge in [-0.15, -0.1) is 13.2 Å². The van der Waals surface area contributed by atoms with Crippen LogP contribution in [0.5, 0.6) is 11.5 Å². The first kappa shape index (κ1) is 39.4. The van der Waals surface area contributed by atoms with Gasteiger partial charge in [0.15, 0.2) is 0 Å². The molecule has 18 heteroatoms. The molecule has 0 aliphatic carbocycles. The Morgan fingerprint density at radius 2 is 1.65 bits per heavy atom. The van der Waals surface area contributed by atoms with E-state index < -0.39 is 59.9 Å². The van der Waals surface area contributed by atoms with Crippen LogP contribution in [0.2, 0.25) is 0 Å². The minimum absolute atomic E-state index is 0.145. The summed E-state index contributed by atoms with van der Waals surface area (Å²) in [6.07, 6.45) is -3.59. The smallest absolute Gasteiger partial charge is 0.496 e. The van der Waals surface area contributed by atoms with Crippen LogP contribution in [0.15, 0.2) is 41.3 Å². The number of methoxy groups -OCH3 is 1. The van der Waals surface area contributed by atoms with E-state index in [9.17, 15) is 32.3 Å². The first-order valence-corrected chi connectivity index (χ1v) is 17.6. The number of anilines is 2. The Labute approximate surface area is 312 Å². The molecule has 3 aliphatic rings. The molecule has 0 saturated carbocycles. The van der Waals surface area contributed by atoms with Crippen LogP contribution in [-0.4, -0.2) is 103 Å². The van der Waals surface area contributed by atoms with Gasteiger partial charge in [0.1, 0.15) is 28.9 Å². The van der Waals surface area contributed by atoms with Gasteiger partial charge in [-0.1, -0.05) is 0 Å². The average molecular weight is 779 g/mol. The molecule has 12 nitrogen and oxygen atoms in total. The number of carbonyl (C=O) groups excluding carboxylic acids is 3. The maximum absolute atomic E-state index is 15.9. The molecular weight excluding hydrogens is 738 g/mol. The number of aryl methyl sites for hydroxylation is 1.